The van der Waals surface area contributed by atoms with Crippen LogP contribution in [0.15, 0.2) is 0 Å². The van der Waals surface area contributed by atoms with Crippen LogP contribution in [-0.4, -0.2) is 18.8 Å². The summed E-state index contributed by atoms with van der Waals surface area (Å²) >= 11 is 0. The largest absolute Gasteiger partial charge is 0.374 e. The second-order valence-corrected chi connectivity index (χ2v) is 3.50. The van der Waals surface area contributed by atoms with Gasteiger partial charge in [-0.3, -0.25) is 0 Å². The summed E-state index contributed by atoms with van der Waals surface area (Å²) in [4.78, 5) is 0. The van der Waals surface area contributed by atoms with Crippen molar-refractivity contribution in [3.8, 4) is 0 Å². The minimum atomic E-state index is 0.0226. The van der Waals surface area contributed by atoms with Crippen molar-refractivity contribution in [2.24, 2.45) is 11.7 Å². The number of ether oxygens (including phenoxy) is 1. The first-order chi connectivity index (χ1) is 5.25. The van der Waals surface area contributed by atoms with E-state index in [1.54, 1.807) is 0 Å². The summed E-state index contributed by atoms with van der Waals surface area (Å²) in [6.07, 6.45) is 3.70. The maximum Gasteiger partial charge on any atom is 0.0829 e. The minimum absolute atomic E-state index is 0.0226. The highest BCUT2D eigenvalue weighted by molar-refractivity contribution is 4.92. The van der Waals surface area contributed by atoms with Crippen molar-refractivity contribution < 1.29 is 4.74 Å². The molecule has 0 aliphatic heterocycles. The Bertz CT molecular complexity index is 127. The van der Waals surface area contributed by atoms with Gasteiger partial charge in [-0.2, -0.15) is 0 Å². The van der Waals surface area contributed by atoms with E-state index in [0.29, 0.717) is 12.5 Å². The molecule has 1 saturated carbocycles. The molecular weight excluding hydrogens is 138 g/mol. The zero-order chi connectivity index (χ0) is 8.32. The molecule has 1 aliphatic rings. The Morgan fingerprint density at radius 3 is 2.73 bits per heavy atom. The van der Waals surface area contributed by atoms with Crippen molar-refractivity contribution in [1.82, 2.24) is 0 Å². The third-order valence-corrected chi connectivity index (χ3v) is 2.91. The Hall–Kier alpha value is -0.0800. The summed E-state index contributed by atoms with van der Waals surface area (Å²) < 4.78 is 5.73. The second kappa shape index (κ2) is 3.55. The molecule has 0 radical (unpaired) electrons. The lowest BCUT2D eigenvalue weighted by molar-refractivity contribution is -0.0549. The summed E-state index contributed by atoms with van der Waals surface area (Å²) in [7, 11) is 0. The fourth-order valence-electron chi connectivity index (χ4n) is 2.08. The van der Waals surface area contributed by atoms with E-state index in [1.807, 2.05) is 6.92 Å². The normalized spacial score (nSPS) is 37.9. The van der Waals surface area contributed by atoms with Crippen LogP contribution in [0.3, 0.4) is 0 Å². The van der Waals surface area contributed by atoms with Crippen LogP contribution in [0.1, 0.15) is 33.1 Å². The van der Waals surface area contributed by atoms with Crippen molar-refractivity contribution in [3.63, 3.8) is 0 Å². The molecule has 1 aliphatic carbocycles. The number of hydrogen-bond donors (Lipinski definition) is 1. The van der Waals surface area contributed by atoms with Crippen molar-refractivity contribution in [1.29, 1.82) is 0 Å². The average Bonchev–Trinajstić information content (AvgIpc) is 2.35. The molecule has 2 heteroatoms. The maximum atomic E-state index is 5.73. The van der Waals surface area contributed by atoms with Crippen LogP contribution >= 0.6 is 0 Å². The molecule has 11 heavy (non-hydrogen) atoms. The van der Waals surface area contributed by atoms with Gasteiger partial charge >= 0.3 is 0 Å². The third kappa shape index (κ3) is 1.57. The summed E-state index contributed by atoms with van der Waals surface area (Å²) in [6.45, 7) is 5.77. The standard InChI is InChI=1S/C9H19NO/c1-3-11-9(7-10)6-4-5-8(9)2/h8H,3-7,10H2,1-2H3. The van der Waals surface area contributed by atoms with Gasteiger partial charge in [0.2, 0.25) is 0 Å². The summed E-state index contributed by atoms with van der Waals surface area (Å²) in [5.74, 6) is 0.646. The molecule has 0 aromatic rings. The van der Waals surface area contributed by atoms with Crippen LogP contribution in [0.25, 0.3) is 0 Å². The van der Waals surface area contributed by atoms with E-state index < -0.39 is 0 Å². The Kier molecular flexibility index (Phi) is 2.90. The van der Waals surface area contributed by atoms with Crippen molar-refractivity contribution in [2.75, 3.05) is 13.2 Å². The van der Waals surface area contributed by atoms with E-state index >= 15 is 0 Å². The first-order valence-corrected chi connectivity index (χ1v) is 4.59. The van der Waals surface area contributed by atoms with Gasteiger partial charge in [0, 0.05) is 13.2 Å². The quantitative estimate of drug-likeness (QED) is 0.674. The van der Waals surface area contributed by atoms with Gasteiger partial charge in [0.1, 0.15) is 0 Å². The van der Waals surface area contributed by atoms with Gasteiger partial charge in [-0.25, -0.2) is 0 Å². The first kappa shape index (κ1) is 9.01. The summed E-state index contributed by atoms with van der Waals surface area (Å²) in [6, 6.07) is 0. The van der Waals surface area contributed by atoms with Gasteiger partial charge in [-0.1, -0.05) is 13.3 Å². The molecule has 0 heterocycles. The van der Waals surface area contributed by atoms with Crippen LogP contribution in [0, 0.1) is 5.92 Å². The topological polar surface area (TPSA) is 35.2 Å². The lowest BCUT2D eigenvalue weighted by atomic mass is 9.92. The molecule has 2 N–H and O–H groups in total. The predicted octanol–water partition coefficient (Wildman–Crippen LogP) is 1.54. The van der Waals surface area contributed by atoms with Gasteiger partial charge in [-0.05, 0) is 25.7 Å². The Morgan fingerprint density at radius 1 is 1.64 bits per heavy atom. The third-order valence-electron chi connectivity index (χ3n) is 2.91. The van der Waals surface area contributed by atoms with Gasteiger partial charge in [0.25, 0.3) is 0 Å². The lowest BCUT2D eigenvalue weighted by Gasteiger charge is -2.32. The van der Waals surface area contributed by atoms with Crippen LogP contribution in [0.4, 0.5) is 0 Å². The molecule has 66 valence electrons. The number of hydrogen-bond acceptors (Lipinski definition) is 2. The van der Waals surface area contributed by atoms with Crippen LogP contribution < -0.4 is 5.73 Å². The lowest BCUT2D eigenvalue weighted by Crippen LogP contribution is -2.43. The Labute approximate surface area is 69.1 Å². The van der Waals surface area contributed by atoms with Crippen LogP contribution in [0.2, 0.25) is 0 Å². The molecule has 0 aromatic carbocycles. The highest BCUT2D eigenvalue weighted by Gasteiger charge is 2.39. The van der Waals surface area contributed by atoms with E-state index in [-0.39, 0.29) is 5.60 Å². The van der Waals surface area contributed by atoms with Gasteiger partial charge in [0.15, 0.2) is 0 Å². The van der Waals surface area contributed by atoms with Gasteiger partial charge in [-0.15, -0.1) is 0 Å². The SMILES string of the molecule is CCOC1(CN)CCCC1C. The predicted molar refractivity (Wildman–Crippen MR) is 46.4 cm³/mol. The summed E-state index contributed by atoms with van der Waals surface area (Å²) in [5, 5.41) is 0. The minimum Gasteiger partial charge on any atom is -0.374 e. The highest BCUT2D eigenvalue weighted by Crippen LogP contribution is 2.37. The molecule has 2 atom stereocenters. The van der Waals surface area contributed by atoms with E-state index in [1.165, 1.54) is 12.8 Å². The van der Waals surface area contributed by atoms with Crippen molar-refractivity contribution >= 4 is 0 Å². The molecule has 0 spiro atoms. The average molecular weight is 157 g/mol. The molecule has 0 aromatic heterocycles. The molecule has 1 fully saturated rings. The monoisotopic (exact) mass is 157 g/mol. The molecule has 0 saturated heterocycles. The fourth-order valence-corrected chi connectivity index (χ4v) is 2.08. The van der Waals surface area contributed by atoms with Crippen LogP contribution in [-0.2, 0) is 4.74 Å². The second-order valence-electron chi connectivity index (χ2n) is 3.50. The molecule has 0 bridgehead atoms. The smallest absolute Gasteiger partial charge is 0.0829 e. The Morgan fingerprint density at radius 2 is 2.36 bits per heavy atom. The number of nitrogens with two attached hydrogens (primary N) is 1. The molecule has 1 rings (SSSR count). The van der Waals surface area contributed by atoms with Gasteiger partial charge in [0.05, 0.1) is 5.60 Å². The molecular formula is C9H19NO. The van der Waals surface area contributed by atoms with Crippen molar-refractivity contribution in [3.05, 3.63) is 0 Å². The Balaban J connectivity index is 2.57. The van der Waals surface area contributed by atoms with E-state index in [4.69, 9.17) is 10.5 Å². The first-order valence-electron chi connectivity index (χ1n) is 4.59. The fraction of sp³-hybridized carbons (Fsp3) is 1.00. The maximum absolute atomic E-state index is 5.73. The van der Waals surface area contributed by atoms with E-state index in [0.717, 1.165) is 13.0 Å². The number of rotatable bonds is 3. The molecule has 0 amide bonds. The van der Waals surface area contributed by atoms with E-state index in [2.05, 4.69) is 6.92 Å². The van der Waals surface area contributed by atoms with Crippen LogP contribution in [0.5, 0.6) is 0 Å². The zero-order valence-corrected chi connectivity index (χ0v) is 7.60. The molecule has 2 nitrogen and oxygen atoms in total. The van der Waals surface area contributed by atoms with Crippen molar-refractivity contribution in [2.45, 2.75) is 38.7 Å². The summed E-state index contributed by atoms with van der Waals surface area (Å²) in [5.41, 5.74) is 5.74. The zero-order valence-electron chi connectivity index (χ0n) is 7.60. The van der Waals surface area contributed by atoms with E-state index in [9.17, 15) is 0 Å². The van der Waals surface area contributed by atoms with Gasteiger partial charge < -0.3 is 10.5 Å². The highest BCUT2D eigenvalue weighted by atomic mass is 16.5. The molecule has 2 unspecified atom stereocenters.